The highest BCUT2D eigenvalue weighted by Gasteiger charge is 2.18. The number of carbonyl (C=O) groups is 2. The van der Waals surface area contributed by atoms with Gasteiger partial charge in [0.05, 0.1) is 0 Å². The highest BCUT2D eigenvalue weighted by atomic mass is 16.5. The molecule has 0 radical (unpaired) electrons. The molecule has 1 amide bonds. The van der Waals surface area contributed by atoms with Crippen molar-refractivity contribution in [1.29, 1.82) is 0 Å². The van der Waals surface area contributed by atoms with E-state index in [0.29, 0.717) is 23.3 Å². The monoisotopic (exact) mass is 333 g/mol. The van der Waals surface area contributed by atoms with Gasteiger partial charge in [-0.15, -0.1) is 0 Å². The topological polar surface area (TPSA) is 106 Å². The summed E-state index contributed by atoms with van der Waals surface area (Å²) in [5.41, 5.74) is 1.47. The van der Waals surface area contributed by atoms with E-state index in [0.717, 1.165) is 10.9 Å². The van der Waals surface area contributed by atoms with Crippen LogP contribution in [0.3, 0.4) is 0 Å². The second kappa shape index (κ2) is 7.16. The van der Waals surface area contributed by atoms with Crippen LogP contribution in [0.15, 0.2) is 27.4 Å². The molecule has 128 valence electrons. The van der Waals surface area contributed by atoms with Crippen LogP contribution >= 0.6 is 0 Å². The van der Waals surface area contributed by atoms with Crippen LogP contribution < -0.4 is 15.7 Å². The second-order valence-electron chi connectivity index (χ2n) is 5.38. The van der Waals surface area contributed by atoms with Crippen molar-refractivity contribution in [2.24, 2.45) is 0 Å². The summed E-state index contributed by atoms with van der Waals surface area (Å²) in [5, 5.41) is 11.6. The van der Waals surface area contributed by atoms with E-state index in [1.165, 1.54) is 13.0 Å². The lowest BCUT2D eigenvalue weighted by atomic mass is 10.0. The molecular formula is C17H19NO6. The largest absolute Gasteiger partial charge is 0.480 e. The summed E-state index contributed by atoms with van der Waals surface area (Å²) < 4.78 is 10.9. The van der Waals surface area contributed by atoms with Gasteiger partial charge in [-0.25, -0.2) is 4.79 Å². The number of carboxylic acids is 1. The van der Waals surface area contributed by atoms with E-state index in [1.54, 1.807) is 19.1 Å². The summed E-state index contributed by atoms with van der Waals surface area (Å²) in [6.45, 7) is 4.72. The Kier molecular flexibility index (Phi) is 5.23. The van der Waals surface area contributed by atoms with Crippen LogP contribution in [0, 0.1) is 6.92 Å². The molecule has 0 bridgehead atoms. The third kappa shape index (κ3) is 3.73. The van der Waals surface area contributed by atoms with Crippen molar-refractivity contribution in [2.75, 3.05) is 6.54 Å². The Bertz CT molecular complexity index is 839. The Balaban J connectivity index is 2.30. The molecular weight excluding hydrogens is 314 g/mol. The first-order valence-corrected chi connectivity index (χ1v) is 7.56. The van der Waals surface area contributed by atoms with E-state index in [-0.39, 0.29) is 0 Å². The number of carboxylic acid groups (broad SMARTS) is 1. The zero-order valence-electron chi connectivity index (χ0n) is 13.7. The predicted octanol–water partition coefficient (Wildman–Crippen LogP) is 1.63. The minimum Gasteiger partial charge on any atom is -0.480 e. The van der Waals surface area contributed by atoms with Crippen LogP contribution in [0.25, 0.3) is 11.0 Å². The van der Waals surface area contributed by atoms with E-state index in [1.807, 2.05) is 6.92 Å². The van der Waals surface area contributed by atoms with Gasteiger partial charge in [0.15, 0.2) is 6.10 Å². The van der Waals surface area contributed by atoms with E-state index in [2.05, 4.69) is 5.32 Å². The van der Waals surface area contributed by atoms with Crippen molar-refractivity contribution in [2.45, 2.75) is 33.3 Å². The number of carbonyl (C=O) groups excluding carboxylic acids is 1. The van der Waals surface area contributed by atoms with Crippen LogP contribution in [-0.4, -0.2) is 29.6 Å². The maximum Gasteiger partial charge on any atom is 0.336 e. The smallest absolute Gasteiger partial charge is 0.336 e. The zero-order chi connectivity index (χ0) is 17.9. The average Bonchev–Trinajstić information content (AvgIpc) is 2.54. The van der Waals surface area contributed by atoms with Crippen LogP contribution in [-0.2, 0) is 16.0 Å². The highest BCUT2D eigenvalue weighted by molar-refractivity contribution is 5.86. The SMILES string of the molecule is CCc1cc(=O)oc2c(C)c(OC(C)C(=O)NCC(=O)O)ccc12. The number of amides is 1. The van der Waals surface area contributed by atoms with E-state index < -0.39 is 30.2 Å². The fourth-order valence-electron chi connectivity index (χ4n) is 2.38. The van der Waals surface area contributed by atoms with Crippen molar-refractivity contribution in [3.8, 4) is 5.75 Å². The molecule has 0 fully saturated rings. The Morgan fingerprint density at radius 1 is 1.38 bits per heavy atom. The number of nitrogens with one attached hydrogen (secondary N) is 1. The summed E-state index contributed by atoms with van der Waals surface area (Å²) in [7, 11) is 0. The quantitative estimate of drug-likeness (QED) is 0.778. The first-order valence-electron chi connectivity index (χ1n) is 7.56. The van der Waals surface area contributed by atoms with Crippen molar-refractivity contribution in [1.82, 2.24) is 5.32 Å². The maximum absolute atomic E-state index is 11.8. The Labute approximate surface area is 138 Å². The summed E-state index contributed by atoms with van der Waals surface area (Å²) in [6.07, 6.45) is -0.197. The van der Waals surface area contributed by atoms with Gasteiger partial charge in [0.1, 0.15) is 17.9 Å². The first-order chi connectivity index (χ1) is 11.3. The molecule has 1 aromatic carbocycles. The van der Waals surface area contributed by atoms with Gasteiger partial charge in [0.2, 0.25) is 0 Å². The van der Waals surface area contributed by atoms with Gasteiger partial charge >= 0.3 is 11.6 Å². The summed E-state index contributed by atoms with van der Waals surface area (Å²) in [4.78, 5) is 34.0. The molecule has 2 N–H and O–H groups in total. The molecule has 7 heteroatoms. The van der Waals surface area contributed by atoms with Gasteiger partial charge < -0.3 is 19.6 Å². The van der Waals surface area contributed by atoms with Gasteiger partial charge in [0.25, 0.3) is 5.91 Å². The van der Waals surface area contributed by atoms with E-state index in [9.17, 15) is 14.4 Å². The fraction of sp³-hybridized carbons (Fsp3) is 0.353. The minimum atomic E-state index is -1.13. The van der Waals surface area contributed by atoms with Crippen LogP contribution in [0.1, 0.15) is 25.0 Å². The molecule has 2 aromatic rings. The van der Waals surface area contributed by atoms with E-state index >= 15 is 0 Å². The lowest BCUT2D eigenvalue weighted by Crippen LogP contribution is -2.39. The summed E-state index contributed by atoms with van der Waals surface area (Å²) >= 11 is 0. The number of hydrogen-bond donors (Lipinski definition) is 2. The normalized spacial score (nSPS) is 12.0. The standard InChI is InChI=1S/C17H19NO6/c1-4-11-7-15(21)24-16-9(2)13(6-5-12(11)16)23-10(3)17(22)18-8-14(19)20/h5-7,10H,4,8H2,1-3H3,(H,18,22)(H,19,20). The molecule has 0 aliphatic rings. The number of hydrogen-bond acceptors (Lipinski definition) is 5. The molecule has 0 saturated heterocycles. The van der Waals surface area contributed by atoms with Crippen LogP contribution in [0.4, 0.5) is 0 Å². The lowest BCUT2D eigenvalue weighted by Gasteiger charge is -2.16. The highest BCUT2D eigenvalue weighted by Crippen LogP contribution is 2.29. The molecule has 0 aliphatic carbocycles. The third-order valence-corrected chi connectivity index (χ3v) is 3.66. The van der Waals surface area contributed by atoms with Crippen LogP contribution in [0.5, 0.6) is 5.75 Å². The molecule has 0 spiro atoms. The van der Waals surface area contributed by atoms with Crippen molar-refractivity contribution in [3.05, 3.63) is 39.7 Å². The molecule has 1 atom stereocenters. The number of aryl methyl sites for hydroxylation is 2. The molecule has 1 unspecified atom stereocenters. The summed E-state index contributed by atoms with van der Waals surface area (Å²) in [5.74, 6) is -1.27. The zero-order valence-corrected chi connectivity index (χ0v) is 13.7. The van der Waals surface area contributed by atoms with Gasteiger partial charge in [-0.05, 0) is 38.0 Å². The first kappa shape index (κ1) is 17.5. The average molecular weight is 333 g/mol. The second-order valence-corrected chi connectivity index (χ2v) is 5.38. The van der Waals surface area contributed by atoms with Gasteiger partial charge in [-0.2, -0.15) is 0 Å². The van der Waals surface area contributed by atoms with Crippen molar-refractivity contribution in [3.63, 3.8) is 0 Å². The Hall–Kier alpha value is -2.83. The molecule has 24 heavy (non-hydrogen) atoms. The Morgan fingerprint density at radius 3 is 2.71 bits per heavy atom. The van der Waals surface area contributed by atoms with Crippen molar-refractivity contribution < 1.29 is 23.8 Å². The number of aliphatic carboxylic acids is 1. The van der Waals surface area contributed by atoms with E-state index in [4.69, 9.17) is 14.3 Å². The Morgan fingerprint density at radius 2 is 2.08 bits per heavy atom. The van der Waals surface area contributed by atoms with Crippen molar-refractivity contribution >= 4 is 22.8 Å². The number of ether oxygens (including phenoxy) is 1. The molecule has 1 heterocycles. The molecule has 0 aliphatic heterocycles. The van der Waals surface area contributed by atoms with Crippen LogP contribution in [0.2, 0.25) is 0 Å². The van der Waals surface area contributed by atoms with Gasteiger partial charge in [-0.3, -0.25) is 9.59 Å². The fourth-order valence-corrected chi connectivity index (χ4v) is 2.38. The molecule has 7 nitrogen and oxygen atoms in total. The number of benzene rings is 1. The van der Waals surface area contributed by atoms with Gasteiger partial charge in [0, 0.05) is 17.0 Å². The summed E-state index contributed by atoms with van der Waals surface area (Å²) in [6, 6.07) is 4.95. The minimum absolute atomic E-state index is 0.400. The number of rotatable bonds is 6. The predicted molar refractivity (Wildman–Crippen MR) is 87.3 cm³/mol. The van der Waals surface area contributed by atoms with Gasteiger partial charge in [-0.1, -0.05) is 6.92 Å². The number of fused-ring (bicyclic) bond motifs is 1. The molecule has 1 aromatic heterocycles. The maximum atomic E-state index is 11.8. The lowest BCUT2D eigenvalue weighted by molar-refractivity contribution is -0.139. The molecule has 2 rings (SSSR count). The molecule has 0 saturated carbocycles. The third-order valence-electron chi connectivity index (χ3n) is 3.66.